The fraction of sp³-hybridized carbons (Fsp3) is 0.250. The van der Waals surface area contributed by atoms with Gasteiger partial charge < -0.3 is 25.4 Å². The topological polar surface area (TPSA) is 102 Å². The Morgan fingerprint density at radius 3 is 2.44 bits per heavy atom. The second kappa shape index (κ2) is 14.6. The molecule has 2 heterocycles. The van der Waals surface area contributed by atoms with Crippen LogP contribution in [0.15, 0.2) is 97.6 Å². The summed E-state index contributed by atoms with van der Waals surface area (Å²) in [5, 5.41) is 13.6. The van der Waals surface area contributed by atoms with Crippen LogP contribution < -0.4 is 20.7 Å². The number of carbonyl (C=O) groups is 1. The lowest BCUT2D eigenvalue weighted by molar-refractivity contribution is -0.0206. The zero-order valence-corrected chi connectivity index (χ0v) is 26.3. The van der Waals surface area contributed by atoms with Crippen LogP contribution in [-0.4, -0.2) is 47.0 Å². The smallest absolute Gasteiger partial charge is 0.255 e. The molecule has 0 saturated carbocycles. The number of amides is 1. The molecule has 1 aliphatic heterocycles. The van der Waals surface area contributed by atoms with Gasteiger partial charge in [0.1, 0.15) is 41.5 Å². The molecule has 0 radical (unpaired) electrons. The predicted octanol–water partition coefficient (Wildman–Crippen LogP) is 6.79. The summed E-state index contributed by atoms with van der Waals surface area (Å²) >= 11 is 0. The molecule has 4 aromatic carbocycles. The molecule has 9 nitrogen and oxygen atoms in total. The zero-order chi connectivity index (χ0) is 33.5. The molecule has 12 heteroatoms. The summed E-state index contributed by atoms with van der Waals surface area (Å²) in [6, 6.07) is 22.2. The molecular formula is C36H35F3N6O3. The van der Waals surface area contributed by atoms with E-state index >= 15 is 0 Å². The number of rotatable bonds is 13. The Morgan fingerprint density at radius 1 is 0.938 bits per heavy atom. The third-order valence-electron chi connectivity index (χ3n) is 8.18. The van der Waals surface area contributed by atoms with E-state index in [2.05, 4.69) is 26.0 Å². The number of anilines is 3. The minimum absolute atomic E-state index is 0.0295. The van der Waals surface area contributed by atoms with Crippen LogP contribution in [-0.2, 0) is 16.9 Å². The van der Waals surface area contributed by atoms with Crippen molar-refractivity contribution in [2.45, 2.75) is 25.5 Å². The lowest BCUT2D eigenvalue weighted by Gasteiger charge is -2.29. The Bertz CT molecular complexity index is 1850. The highest BCUT2D eigenvalue weighted by atomic mass is 19.1. The number of aromatic nitrogens is 3. The van der Waals surface area contributed by atoms with E-state index in [-0.39, 0.29) is 23.9 Å². The largest absolute Gasteiger partial charge is 0.493 e. The monoisotopic (exact) mass is 656 g/mol. The summed E-state index contributed by atoms with van der Waals surface area (Å²) in [6.45, 7) is 4.21. The van der Waals surface area contributed by atoms with E-state index in [4.69, 9.17) is 9.47 Å². The number of benzene rings is 4. The molecule has 48 heavy (non-hydrogen) atoms. The molecule has 1 fully saturated rings. The van der Waals surface area contributed by atoms with E-state index < -0.39 is 23.1 Å². The Balaban J connectivity index is 0.971. The van der Waals surface area contributed by atoms with Gasteiger partial charge in [-0.05, 0) is 85.6 Å². The third kappa shape index (κ3) is 7.95. The lowest BCUT2D eigenvalue weighted by Crippen LogP contribution is -2.32. The molecule has 2 atom stereocenters. The number of ether oxygens (including phenoxy) is 2. The van der Waals surface area contributed by atoms with Crippen LogP contribution in [0.2, 0.25) is 0 Å². The first kappa shape index (κ1) is 32.6. The number of nitrogens with one attached hydrogen (secondary N) is 3. The maximum atomic E-state index is 14.9. The van der Waals surface area contributed by atoms with E-state index in [0.29, 0.717) is 44.0 Å². The minimum atomic E-state index is -1.03. The van der Waals surface area contributed by atoms with E-state index in [1.807, 2.05) is 37.3 Å². The lowest BCUT2D eigenvalue weighted by atomic mass is 9.87. The number of aryl methyl sites for hydroxylation is 1. The molecule has 0 spiro atoms. The van der Waals surface area contributed by atoms with Crippen LogP contribution in [0.1, 0.15) is 27.9 Å². The van der Waals surface area contributed by atoms with Crippen LogP contribution in [0.3, 0.4) is 0 Å². The number of hydrogen-bond donors (Lipinski definition) is 3. The molecule has 6 rings (SSSR count). The Kier molecular flexibility index (Phi) is 9.91. The van der Waals surface area contributed by atoms with Gasteiger partial charge in [0.15, 0.2) is 0 Å². The van der Waals surface area contributed by atoms with Crippen molar-refractivity contribution >= 4 is 23.0 Å². The van der Waals surface area contributed by atoms with Crippen LogP contribution in [0.4, 0.5) is 30.2 Å². The van der Waals surface area contributed by atoms with E-state index in [1.54, 1.807) is 35.3 Å². The van der Waals surface area contributed by atoms with Crippen molar-refractivity contribution in [2.75, 3.05) is 42.3 Å². The van der Waals surface area contributed by atoms with Crippen LogP contribution >= 0.6 is 0 Å². The SMILES string of the molecule is Cc1cc(NCCNc2ccc(C(=O)Nc3cccc(F)c3)cc2)ccc1OC[C@@H]1CO[C@@](Cn2cncn2)(c2ccc(F)cc2F)C1. The van der Waals surface area contributed by atoms with Gasteiger partial charge in [-0.1, -0.05) is 12.1 Å². The molecule has 1 aliphatic rings. The minimum Gasteiger partial charge on any atom is -0.493 e. The first-order chi connectivity index (χ1) is 23.3. The van der Waals surface area contributed by atoms with Gasteiger partial charge in [-0.2, -0.15) is 5.10 Å². The average Bonchev–Trinajstić information content (AvgIpc) is 3.73. The summed E-state index contributed by atoms with van der Waals surface area (Å²) < 4.78 is 56.0. The molecule has 5 aromatic rings. The molecule has 3 N–H and O–H groups in total. The Hall–Kier alpha value is -5.36. The normalized spacial score (nSPS) is 17.2. The summed E-state index contributed by atoms with van der Waals surface area (Å²) in [5.41, 5.74) is 2.87. The fourth-order valence-corrected chi connectivity index (χ4v) is 5.84. The van der Waals surface area contributed by atoms with Crippen molar-refractivity contribution in [2.24, 2.45) is 5.92 Å². The molecule has 248 valence electrons. The first-order valence-corrected chi connectivity index (χ1v) is 15.6. The molecule has 0 aliphatic carbocycles. The highest BCUT2D eigenvalue weighted by Gasteiger charge is 2.44. The molecule has 1 amide bonds. The molecule has 0 bridgehead atoms. The van der Waals surface area contributed by atoms with Gasteiger partial charge in [0.25, 0.3) is 5.91 Å². The summed E-state index contributed by atoms with van der Waals surface area (Å²) in [4.78, 5) is 16.4. The molecule has 1 aromatic heterocycles. The summed E-state index contributed by atoms with van der Waals surface area (Å²) in [5.74, 6) is -1.33. The van der Waals surface area contributed by atoms with Gasteiger partial charge in [-0.15, -0.1) is 0 Å². The fourth-order valence-electron chi connectivity index (χ4n) is 5.84. The molecule has 1 saturated heterocycles. The van der Waals surface area contributed by atoms with Crippen molar-refractivity contribution in [3.05, 3.63) is 132 Å². The van der Waals surface area contributed by atoms with Crippen molar-refractivity contribution in [1.29, 1.82) is 0 Å². The van der Waals surface area contributed by atoms with E-state index in [1.165, 1.54) is 30.6 Å². The standard InChI is InChI=1S/C36H35F3N6O3/c1-24-15-30(42-14-13-41-29-8-5-26(6-9-29)35(46)44-31-4-2-3-27(37)16-31)10-12-34(24)47-19-25-18-36(48-20-25,21-45-23-40-22-43-45)32-11-7-28(38)17-33(32)39/h2-12,15-17,22-23,25,41-42H,13-14,18-21H2,1H3,(H,44,46)/t25-,36+/m1/s1. The van der Waals surface area contributed by atoms with E-state index in [0.717, 1.165) is 28.8 Å². The van der Waals surface area contributed by atoms with Gasteiger partial charge in [-0.25, -0.2) is 22.8 Å². The average molecular weight is 657 g/mol. The number of hydrogen-bond acceptors (Lipinski definition) is 7. The molecule has 0 unspecified atom stereocenters. The number of nitrogens with zero attached hydrogens (tertiary/aromatic N) is 3. The Labute approximate surface area is 276 Å². The first-order valence-electron chi connectivity index (χ1n) is 15.6. The highest BCUT2D eigenvalue weighted by molar-refractivity contribution is 6.04. The van der Waals surface area contributed by atoms with E-state index in [9.17, 15) is 18.0 Å². The molecular weight excluding hydrogens is 621 g/mol. The second-order valence-electron chi connectivity index (χ2n) is 11.8. The van der Waals surface area contributed by atoms with Crippen LogP contribution in [0.25, 0.3) is 0 Å². The van der Waals surface area contributed by atoms with Gasteiger partial charge in [0.05, 0.1) is 19.8 Å². The van der Waals surface area contributed by atoms with Gasteiger partial charge in [-0.3, -0.25) is 4.79 Å². The van der Waals surface area contributed by atoms with Crippen molar-refractivity contribution in [1.82, 2.24) is 14.8 Å². The van der Waals surface area contributed by atoms with Crippen molar-refractivity contribution in [3.8, 4) is 5.75 Å². The number of halogens is 3. The quantitative estimate of drug-likeness (QED) is 0.120. The van der Waals surface area contributed by atoms with Gasteiger partial charge in [0.2, 0.25) is 0 Å². The maximum absolute atomic E-state index is 14.9. The highest BCUT2D eigenvalue weighted by Crippen LogP contribution is 2.42. The third-order valence-corrected chi connectivity index (χ3v) is 8.18. The van der Waals surface area contributed by atoms with Crippen LogP contribution in [0, 0.1) is 30.3 Å². The Morgan fingerprint density at radius 2 is 1.71 bits per heavy atom. The summed E-state index contributed by atoms with van der Waals surface area (Å²) in [7, 11) is 0. The van der Waals surface area contributed by atoms with Gasteiger partial charge in [0, 0.05) is 53.3 Å². The van der Waals surface area contributed by atoms with Crippen LogP contribution in [0.5, 0.6) is 5.75 Å². The summed E-state index contributed by atoms with van der Waals surface area (Å²) in [6.07, 6.45) is 3.42. The maximum Gasteiger partial charge on any atom is 0.255 e. The number of carbonyl (C=O) groups excluding carboxylic acids is 1. The zero-order valence-electron chi connectivity index (χ0n) is 26.3. The van der Waals surface area contributed by atoms with Crippen molar-refractivity contribution < 1.29 is 27.4 Å². The van der Waals surface area contributed by atoms with Gasteiger partial charge >= 0.3 is 0 Å². The van der Waals surface area contributed by atoms with Crippen molar-refractivity contribution in [3.63, 3.8) is 0 Å². The second-order valence-corrected chi connectivity index (χ2v) is 11.8. The predicted molar refractivity (Wildman–Crippen MR) is 177 cm³/mol.